The molecule has 2 nitrogen and oxygen atoms in total. The lowest BCUT2D eigenvalue weighted by Crippen LogP contribution is -1.93. The molecule has 0 heterocycles. The van der Waals surface area contributed by atoms with Gasteiger partial charge in [0, 0.05) is 25.5 Å². The SMILES string of the molecule is CNc1cc(C)cc(NC)c1. The number of hydrogen-bond donors (Lipinski definition) is 2. The second-order valence-corrected chi connectivity index (χ2v) is 2.59. The topological polar surface area (TPSA) is 24.1 Å². The number of aryl methyl sites for hydroxylation is 1. The van der Waals surface area contributed by atoms with E-state index in [0.717, 1.165) is 11.4 Å². The third-order valence-electron chi connectivity index (χ3n) is 1.65. The minimum atomic E-state index is 1.15. The first kappa shape index (κ1) is 7.92. The van der Waals surface area contributed by atoms with Gasteiger partial charge in [0.25, 0.3) is 0 Å². The number of rotatable bonds is 2. The fourth-order valence-corrected chi connectivity index (χ4v) is 1.07. The van der Waals surface area contributed by atoms with E-state index in [1.54, 1.807) is 0 Å². The average Bonchev–Trinajstić information content (AvgIpc) is 2.03. The maximum atomic E-state index is 3.10. The standard InChI is InChI=1S/C9H14N2/c1-7-4-8(10-2)6-9(5-7)11-3/h4-6,10-11H,1-3H3. The van der Waals surface area contributed by atoms with E-state index in [4.69, 9.17) is 0 Å². The lowest BCUT2D eigenvalue weighted by molar-refractivity contribution is 1.40. The van der Waals surface area contributed by atoms with E-state index in [2.05, 4.69) is 35.8 Å². The summed E-state index contributed by atoms with van der Waals surface area (Å²) >= 11 is 0. The van der Waals surface area contributed by atoms with Crippen molar-refractivity contribution >= 4 is 11.4 Å². The predicted molar refractivity (Wildman–Crippen MR) is 50.3 cm³/mol. The molecule has 2 heteroatoms. The molecule has 1 aromatic rings. The van der Waals surface area contributed by atoms with Crippen LogP contribution in [0.25, 0.3) is 0 Å². The summed E-state index contributed by atoms with van der Waals surface area (Å²) in [5, 5.41) is 6.20. The molecule has 0 aliphatic carbocycles. The highest BCUT2D eigenvalue weighted by molar-refractivity contribution is 5.58. The van der Waals surface area contributed by atoms with Crippen molar-refractivity contribution in [1.29, 1.82) is 0 Å². The predicted octanol–water partition coefficient (Wildman–Crippen LogP) is 2.08. The molecular formula is C9H14N2. The van der Waals surface area contributed by atoms with Crippen LogP contribution in [0.5, 0.6) is 0 Å². The summed E-state index contributed by atoms with van der Waals surface area (Å²) in [4.78, 5) is 0. The molecule has 0 bridgehead atoms. The van der Waals surface area contributed by atoms with Crippen LogP contribution in [0.4, 0.5) is 11.4 Å². The Morgan fingerprint density at radius 3 is 1.73 bits per heavy atom. The molecule has 0 amide bonds. The van der Waals surface area contributed by atoms with Crippen molar-refractivity contribution in [2.75, 3.05) is 24.7 Å². The Kier molecular flexibility index (Phi) is 2.36. The van der Waals surface area contributed by atoms with Gasteiger partial charge in [0.1, 0.15) is 0 Å². The fourth-order valence-electron chi connectivity index (χ4n) is 1.07. The monoisotopic (exact) mass is 150 g/mol. The quantitative estimate of drug-likeness (QED) is 0.674. The Bertz CT molecular complexity index is 221. The van der Waals surface area contributed by atoms with Gasteiger partial charge < -0.3 is 10.6 Å². The largest absolute Gasteiger partial charge is 0.388 e. The molecule has 0 aromatic heterocycles. The summed E-state index contributed by atoms with van der Waals surface area (Å²) in [6.07, 6.45) is 0. The van der Waals surface area contributed by atoms with Crippen molar-refractivity contribution in [1.82, 2.24) is 0 Å². The minimum Gasteiger partial charge on any atom is -0.388 e. The molecule has 1 aromatic carbocycles. The van der Waals surface area contributed by atoms with Gasteiger partial charge in [0.05, 0.1) is 0 Å². The average molecular weight is 150 g/mol. The van der Waals surface area contributed by atoms with Gasteiger partial charge in [-0.1, -0.05) is 0 Å². The van der Waals surface area contributed by atoms with E-state index >= 15 is 0 Å². The first-order valence-corrected chi connectivity index (χ1v) is 3.73. The highest BCUT2D eigenvalue weighted by Gasteiger charge is 1.93. The Morgan fingerprint density at radius 2 is 1.36 bits per heavy atom. The lowest BCUT2D eigenvalue weighted by Gasteiger charge is -2.05. The molecule has 0 fully saturated rings. The van der Waals surface area contributed by atoms with Gasteiger partial charge in [-0.05, 0) is 30.7 Å². The summed E-state index contributed by atoms with van der Waals surface area (Å²) < 4.78 is 0. The van der Waals surface area contributed by atoms with Gasteiger partial charge in [0.2, 0.25) is 0 Å². The van der Waals surface area contributed by atoms with Gasteiger partial charge in [-0.3, -0.25) is 0 Å². The minimum absolute atomic E-state index is 1.15. The molecule has 11 heavy (non-hydrogen) atoms. The van der Waals surface area contributed by atoms with E-state index in [1.165, 1.54) is 5.56 Å². The number of hydrogen-bond acceptors (Lipinski definition) is 2. The molecule has 0 aliphatic heterocycles. The Morgan fingerprint density at radius 1 is 0.909 bits per heavy atom. The first-order valence-electron chi connectivity index (χ1n) is 3.73. The second-order valence-electron chi connectivity index (χ2n) is 2.59. The summed E-state index contributed by atoms with van der Waals surface area (Å²) in [6, 6.07) is 6.30. The molecule has 60 valence electrons. The summed E-state index contributed by atoms with van der Waals surface area (Å²) in [7, 11) is 3.85. The van der Waals surface area contributed by atoms with Crippen LogP contribution in [0, 0.1) is 6.92 Å². The molecule has 0 unspecified atom stereocenters. The van der Waals surface area contributed by atoms with Crippen molar-refractivity contribution < 1.29 is 0 Å². The normalized spacial score (nSPS) is 9.36. The molecule has 0 saturated carbocycles. The van der Waals surface area contributed by atoms with Crippen LogP contribution in [0.1, 0.15) is 5.56 Å². The molecule has 0 spiro atoms. The van der Waals surface area contributed by atoms with Crippen LogP contribution in [0.15, 0.2) is 18.2 Å². The van der Waals surface area contributed by atoms with Gasteiger partial charge >= 0.3 is 0 Å². The molecule has 0 saturated heterocycles. The van der Waals surface area contributed by atoms with E-state index in [0.29, 0.717) is 0 Å². The van der Waals surface area contributed by atoms with E-state index in [9.17, 15) is 0 Å². The summed E-state index contributed by atoms with van der Waals surface area (Å²) in [5.41, 5.74) is 3.56. The van der Waals surface area contributed by atoms with Crippen molar-refractivity contribution in [3.8, 4) is 0 Å². The van der Waals surface area contributed by atoms with Gasteiger partial charge in [0.15, 0.2) is 0 Å². The Hall–Kier alpha value is -1.18. The van der Waals surface area contributed by atoms with Gasteiger partial charge in [-0.25, -0.2) is 0 Å². The smallest absolute Gasteiger partial charge is 0.0360 e. The molecule has 0 atom stereocenters. The van der Waals surface area contributed by atoms with Crippen LogP contribution in [-0.4, -0.2) is 14.1 Å². The van der Waals surface area contributed by atoms with Gasteiger partial charge in [-0.15, -0.1) is 0 Å². The van der Waals surface area contributed by atoms with Crippen molar-refractivity contribution in [2.45, 2.75) is 6.92 Å². The molecule has 0 aliphatic rings. The van der Waals surface area contributed by atoms with Crippen LogP contribution in [0.2, 0.25) is 0 Å². The number of anilines is 2. The fraction of sp³-hybridized carbons (Fsp3) is 0.333. The first-order chi connectivity index (χ1) is 5.26. The van der Waals surface area contributed by atoms with Crippen LogP contribution in [0.3, 0.4) is 0 Å². The maximum absolute atomic E-state index is 3.10. The third kappa shape index (κ3) is 1.87. The Labute approximate surface area is 67.6 Å². The Balaban J connectivity index is 3.02. The summed E-state index contributed by atoms with van der Waals surface area (Å²) in [5.74, 6) is 0. The van der Waals surface area contributed by atoms with E-state index < -0.39 is 0 Å². The van der Waals surface area contributed by atoms with Crippen LogP contribution >= 0.6 is 0 Å². The zero-order chi connectivity index (χ0) is 8.27. The van der Waals surface area contributed by atoms with Crippen molar-refractivity contribution in [3.63, 3.8) is 0 Å². The molecule has 1 rings (SSSR count). The maximum Gasteiger partial charge on any atom is 0.0360 e. The lowest BCUT2D eigenvalue weighted by atomic mass is 10.2. The number of benzene rings is 1. The second kappa shape index (κ2) is 3.28. The van der Waals surface area contributed by atoms with Crippen molar-refractivity contribution in [2.24, 2.45) is 0 Å². The van der Waals surface area contributed by atoms with Gasteiger partial charge in [-0.2, -0.15) is 0 Å². The molecular weight excluding hydrogens is 136 g/mol. The molecule has 2 N–H and O–H groups in total. The van der Waals surface area contributed by atoms with E-state index in [-0.39, 0.29) is 0 Å². The highest BCUT2D eigenvalue weighted by Crippen LogP contribution is 2.16. The van der Waals surface area contributed by atoms with Crippen molar-refractivity contribution in [3.05, 3.63) is 23.8 Å². The van der Waals surface area contributed by atoms with Crippen LogP contribution < -0.4 is 10.6 Å². The zero-order valence-electron chi connectivity index (χ0n) is 7.23. The number of nitrogens with one attached hydrogen (secondary N) is 2. The highest BCUT2D eigenvalue weighted by atomic mass is 14.8. The van der Waals surface area contributed by atoms with Crippen LogP contribution in [-0.2, 0) is 0 Å². The third-order valence-corrected chi connectivity index (χ3v) is 1.65. The molecule has 0 radical (unpaired) electrons. The zero-order valence-corrected chi connectivity index (χ0v) is 7.23. The van der Waals surface area contributed by atoms with E-state index in [1.807, 2.05) is 14.1 Å². The summed E-state index contributed by atoms with van der Waals surface area (Å²) in [6.45, 7) is 2.08.